The summed E-state index contributed by atoms with van der Waals surface area (Å²) in [5.41, 5.74) is 0.0723. The maximum Gasteiger partial charge on any atom is 0.410 e. The lowest BCUT2D eigenvalue weighted by Crippen LogP contribution is -2.61. The summed E-state index contributed by atoms with van der Waals surface area (Å²) >= 11 is 0. The lowest BCUT2D eigenvalue weighted by Gasteiger charge is -2.46. The van der Waals surface area contributed by atoms with Gasteiger partial charge in [-0.1, -0.05) is 26.8 Å². The molecule has 2 amide bonds. The van der Waals surface area contributed by atoms with E-state index in [2.05, 4.69) is 20.8 Å². The molecule has 7 heteroatoms. The molecule has 1 heterocycles. The van der Waals surface area contributed by atoms with Crippen molar-refractivity contribution in [3.8, 4) is 11.5 Å². The molecule has 1 unspecified atom stereocenters. The van der Waals surface area contributed by atoms with Gasteiger partial charge in [0.1, 0.15) is 5.60 Å². The van der Waals surface area contributed by atoms with E-state index < -0.39 is 5.60 Å². The van der Waals surface area contributed by atoms with Crippen LogP contribution in [0.2, 0.25) is 0 Å². The fourth-order valence-electron chi connectivity index (χ4n) is 3.49. The number of benzene rings is 1. The van der Waals surface area contributed by atoms with Gasteiger partial charge in [-0.05, 0) is 50.0 Å². The summed E-state index contributed by atoms with van der Waals surface area (Å²) in [6, 6.07) is 5.34. The maximum absolute atomic E-state index is 12.9. The Labute approximate surface area is 185 Å². The van der Waals surface area contributed by atoms with E-state index in [1.54, 1.807) is 42.2 Å². The van der Waals surface area contributed by atoms with Gasteiger partial charge in [0.2, 0.25) is 5.91 Å². The summed E-state index contributed by atoms with van der Waals surface area (Å²) in [6.07, 6.45) is 2.99. The summed E-state index contributed by atoms with van der Waals surface area (Å²) in [7, 11) is 3.16. The molecule has 0 aliphatic carbocycles. The number of hydrogen-bond acceptors (Lipinski definition) is 5. The minimum Gasteiger partial charge on any atom is -0.493 e. The lowest BCUT2D eigenvalue weighted by atomic mass is 9.84. The third-order valence-electron chi connectivity index (χ3n) is 5.15. The van der Waals surface area contributed by atoms with Gasteiger partial charge in [-0.3, -0.25) is 4.79 Å². The second kappa shape index (κ2) is 9.62. The van der Waals surface area contributed by atoms with Crippen molar-refractivity contribution >= 4 is 18.1 Å². The van der Waals surface area contributed by atoms with Gasteiger partial charge in [-0.25, -0.2) is 4.79 Å². The molecule has 1 aromatic rings. The van der Waals surface area contributed by atoms with Crippen LogP contribution in [0.5, 0.6) is 11.5 Å². The van der Waals surface area contributed by atoms with Gasteiger partial charge in [0, 0.05) is 25.7 Å². The maximum atomic E-state index is 12.9. The first kappa shape index (κ1) is 24.6. The van der Waals surface area contributed by atoms with Crippen LogP contribution < -0.4 is 9.47 Å². The van der Waals surface area contributed by atoms with Crippen molar-refractivity contribution in [1.82, 2.24) is 9.80 Å². The second-order valence-corrected chi connectivity index (χ2v) is 9.79. The minimum atomic E-state index is -0.561. The van der Waals surface area contributed by atoms with Crippen LogP contribution in [0.25, 0.3) is 6.08 Å². The Morgan fingerprint density at radius 1 is 1.00 bits per heavy atom. The van der Waals surface area contributed by atoms with E-state index >= 15 is 0 Å². The molecule has 1 atom stereocenters. The quantitative estimate of drug-likeness (QED) is 0.667. The molecule has 1 aliphatic rings. The van der Waals surface area contributed by atoms with E-state index in [0.717, 1.165) is 5.56 Å². The first-order valence-electron chi connectivity index (χ1n) is 10.5. The first-order valence-corrected chi connectivity index (χ1v) is 10.5. The number of carbonyl (C=O) groups is 2. The molecule has 0 spiro atoms. The van der Waals surface area contributed by atoms with Crippen molar-refractivity contribution in [3.05, 3.63) is 29.8 Å². The van der Waals surface area contributed by atoms with E-state index in [-0.39, 0.29) is 23.5 Å². The summed E-state index contributed by atoms with van der Waals surface area (Å²) in [5, 5.41) is 0. The lowest BCUT2D eigenvalue weighted by molar-refractivity contribution is -0.130. The highest BCUT2D eigenvalue weighted by Crippen LogP contribution is 2.30. The number of piperazine rings is 1. The van der Waals surface area contributed by atoms with Crippen molar-refractivity contribution in [3.63, 3.8) is 0 Å². The van der Waals surface area contributed by atoms with Crippen LogP contribution in [0.3, 0.4) is 0 Å². The van der Waals surface area contributed by atoms with Crippen molar-refractivity contribution in [2.45, 2.75) is 53.2 Å². The number of carbonyl (C=O) groups excluding carboxylic acids is 2. The van der Waals surface area contributed by atoms with Crippen molar-refractivity contribution in [2.24, 2.45) is 5.41 Å². The van der Waals surface area contributed by atoms with E-state index in [9.17, 15) is 9.59 Å². The molecular formula is C24H36N2O5. The Morgan fingerprint density at radius 2 is 1.65 bits per heavy atom. The van der Waals surface area contributed by atoms with Crippen LogP contribution >= 0.6 is 0 Å². The summed E-state index contributed by atoms with van der Waals surface area (Å²) in [5.74, 6) is 1.15. The molecule has 1 saturated heterocycles. The molecule has 0 N–H and O–H groups in total. The topological polar surface area (TPSA) is 68.3 Å². The summed E-state index contributed by atoms with van der Waals surface area (Å²) < 4.78 is 16.2. The predicted octanol–water partition coefficient (Wildman–Crippen LogP) is 4.21. The Bertz CT molecular complexity index is 820. The number of ether oxygens (including phenoxy) is 3. The highest BCUT2D eigenvalue weighted by atomic mass is 16.6. The molecule has 0 radical (unpaired) electrons. The first-order chi connectivity index (χ1) is 14.4. The van der Waals surface area contributed by atoms with Crippen molar-refractivity contribution in [2.75, 3.05) is 33.9 Å². The zero-order chi connectivity index (χ0) is 23.4. The van der Waals surface area contributed by atoms with Gasteiger partial charge in [-0.15, -0.1) is 0 Å². The summed E-state index contributed by atoms with van der Waals surface area (Å²) in [4.78, 5) is 29.2. The van der Waals surface area contributed by atoms with E-state index in [0.29, 0.717) is 31.1 Å². The number of nitrogens with zero attached hydrogens (tertiary/aromatic N) is 2. The SMILES string of the molecule is COc1ccc(C=CC(=O)N2CCN(C(=O)OC(C)(C)C)C(C(C)(C)C)C2)cc1OC. The van der Waals surface area contributed by atoms with Crippen molar-refractivity contribution in [1.29, 1.82) is 0 Å². The third kappa shape index (κ3) is 6.64. The molecule has 1 aliphatic heterocycles. The van der Waals surface area contributed by atoms with Gasteiger partial charge in [0.25, 0.3) is 0 Å². The van der Waals surface area contributed by atoms with Crippen molar-refractivity contribution < 1.29 is 23.8 Å². The Morgan fingerprint density at radius 3 is 2.19 bits per heavy atom. The van der Waals surface area contributed by atoms with Gasteiger partial charge in [-0.2, -0.15) is 0 Å². The number of hydrogen-bond donors (Lipinski definition) is 0. The molecule has 31 heavy (non-hydrogen) atoms. The summed E-state index contributed by atoms with van der Waals surface area (Å²) in [6.45, 7) is 13.1. The molecule has 172 valence electrons. The Balaban J connectivity index is 2.13. The average Bonchev–Trinajstić information content (AvgIpc) is 2.69. The van der Waals surface area contributed by atoms with E-state index in [4.69, 9.17) is 14.2 Å². The van der Waals surface area contributed by atoms with Crippen LogP contribution in [-0.2, 0) is 9.53 Å². The van der Waals surface area contributed by atoms with Crippen LogP contribution in [0.4, 0.5) is 4.79 Å². The molecule has 7 nitrogen and oxygen atoms in total. The zero-order valence-corrected chi connectivity index (χ0v) is 20.0. The van der Waals surface area contributed by atoms with Gasteiger partial charge in [0.15, 0.2) is 11.5 Å². The molecular weight excluding hydrogens is 396 g/mol. The van der Waals surface area contributed by atoms with Gasteiger partial charge >= 0.3 is 6.09 Å². The zero-order valence-electron chi connectivity index (χ0n) is 20.0. The van der Waals surface area contributed by atoms with E-state index in [1.165, 1.54) is 0 Å². The Hall–Kier alpha value is -2.70. The molecule has 0 saturated carbocycles. The van der Waals surface area contributed by atoms with Gasteiger partial charge in [0.05, 0.1) is 20.3 Å². The standard InChI is InChI=1S/C24H36N2O5/c1-23(2,3)20-16-25(13-14-26(20)22(28)31-24(4,5)6)21(27)12-10-17-9-11-18(29-7)19(15-17)30-8/h9-12,15,20H,13-14,16H2,1-8H3. The molecule has 1 aromatic carbocycles. The number of rotatable bonds is 4. The molecule has 1 fully saturated rings. The highest BCUT2D eigenvalue weighted by Gasteiger charge is 2.40. The minimum absolute atomic E-state index is 0.0899. The molecule has 0 aromatic heterocycles. The third-order valence-corrected chi connectivity index (χ3v) is 5.15. The van der Waals surface area contributed by atoms with Gasteiger partial charge < -0.3 is 24.0 Å². The fourth-order valence-corrected chi connectivity index (χ4v) is 3.49. The number of amides is 2. The average molecular weight is 433 g/mol. The molecule has 0 bridgehead atoms. The molecule has 2 rings (SSSR count). The normalized spacial score (nSPS) is 17.6. The van der Waals surface area contributed by atoms with Crippen LogP contribution in [0.1, 0.15) is 47.1 Å². The van der Waals surface area contributed by atoms with Crippen LogP contribution in [-0.4, -0.2) is 67.3 Å². The van der Waals surface area contributed by atoms with E-state index in [1.807, 2.05) is 32.9 Å². The smallest absolute Gasteiger partial charge is 0.410 e. The predicted molar refractivity (Wildman–Crippen MR) is 121 cm³/mol. The largest absolute Gasteiger partial charge is 0.493 e. The van der Waals surface area contributed by atoms with Crippen LogP contribution in [0.15, 0.2) is 24.3 Å². The second-order valence-electron chi connectivity index (χ2n) is 9.79. The monoisotopic (exact) mass is 432 g/mol. The van der Waals surface area contributed by atoms with Crippen LogP contribution in [0, 0.1) is 5.41 Å². The number of methoxy groups -OCH3 is 2. The highest BCUT2D eigenvalue weighted by molar-refractivity contribution is 5.92. The Kier molecular flexibility index (Phi) is 7.63. The fraction of sp³-hybridized carbons (Fsp3) is 0.583.